The molecule has 0 bridgehead atoms. The molecule has 1 aromatic rings. The summed E-state index contributed by atoms with van der Waals surface area (Å²) in [5.41, 5.74) is 3.10. The number of allylic oxidation sites excluding steroid dienone is 1. The maximum Gasteiger partial charge on any atom is 0.243 e. The monoisotopic (exact) mass is 375 g/mol. The van der Waals surface area contributed by atoms with Crippen molar-refractivity contribution in [1.82, 2.24) is 4.31 Å². The lowest BCUT2D eigenvalue weighted by Gasteiger charge is -2.22. The van der Waals surface area contributed by atoms with Crippen LogP contribution in [0, 0.1) is 6.92 Å². The minimum atomic E-state index is -3.52. The number of rotatable bonds is 6. The third-order valence-electron chi connectivity index (χ3n) is 4.48. The molecular formula is C20H29NO2SSi. The van der Waals surface area contributed by atoms with Crippen LogP contribution in [-0.4, -0.2) is 33.4 Å². The Morgan fingerprint density at radius 1 is 1.24 bits per heavy atom. The zero-order valence-electron chi connectivity index (χ0n) is 15.9. The SMILES string of the molecule is C=CC1=C(/C=C/C[Si](C)(C)C)CN(S(=O)(=O)c2ccc(C)cc2)C1C. The van der Waals surface area contributed by atoms with Crippen molar-refractivity contribution < 1.29 is 8.42 Å². The summed E-state index contributed by atoms with van der Waals surface area (Å²) in [7, 11) is -4.67. The largest absolute Gasteiger partial charge is 0.243 e. The average molecular weight is 376 g/mol. The van der Waals surface area contributed by atoms with Gasteiger partial charge in [0.15, 0.2) is 0 Å². The number of nitrogens with zero attached hydrogens (tertiary/aromatic N) is 1. The van der Waals surface area contributed by atoms with E-state index in [1.807, 2.05) is 26.0 Å². The zero-order chi connectivity index (χ0) is 18.8. The van der Waals surface area contributed by atoms with Crippen LogP contribution in [0.25, 0.3) is 0 Å². The summed E-state index contributed by atoms with van der Waals surface area (Å²) in [4.78, 5) is 0.348. The van der Waals surface area contributed by atoms with Gasteiger partial charge in [-0.1, -0.05) is 62.1 Å². The van der Waals surface area contributed by atoms with E-state index in [1.54, 1.807) is 22.5 Å². The Hall–Kier alpha value is -1.43. The second kappa shape index (κ2) is 7.44. The first kappa shape index (κ1) is 19.9. The third-order valence-corrected chi connectivity index (χ3v) is 7.87. The summed E-state index contributed by atoms with van der Waals surface area (Å²) in [5.74, 6) is 0. The van der Waals surface area contributed by atoms with Crippen LogP contribution in [0.4, 0.5) is 0 Å². The molecule has 0 radical (unpaired) electrons. The van der Waals surface area contributed by atoms with Crippen LogP contribution in [0.1, 0.15) is 12.5 Å². The van der Waals surface area contributed by atoms with E-state index >= 15 is 0 Å². The van der Waals surface area contributed by atoms with Gasteiger partial charge in [0.05, 0.1) is 4.90 Å². The molecule has 1 heterocycles. The molecule has 136 valence electrons. The first-order valence-corrected chi connectivity index (χ1v) is 13.8. The zero-order valence-corrected chi connectivity index (χ0v) is 17.7. The Labute approximate surface area is 153 Å². The normalized spacial score (nSPS) is 19.8. The molecule has 0 amide bonds. The molecule has 0 aromatic heterocycles. The fraction of sp³-hybridized carbons (Fsp3) is 0.400. The quantitative estimate of drug-likeness (QED) is 0.672. The van der Waals surface area contributed by atoms with Crippen molar-refractivity contribution in [2.75, 3.05) is 6.54 Å². The second-order valence-electron chi connectivity index (χ2n) is 7.89. The minimum absolute atomic E-state index is 0.199. The van der Waals surface area contributed by atoms with Crippen LogP contribution in [-0.2, 0) is 10.0 Å². The second-order valence-corrected chi connectivity index (χ2v) is 15.3. The fourth-order valence-electron chi connectivity index (χ4n) is 2.96. The summed E-state index contributed by atoms with van der Waals surface area (Å²) in [6.45, 7) is 15.2. The van der Waals surface area contributed by atoms with E-state index in [2.05, 4.69) is 38.4 Å². The minimum Gasteiger partial charge on any atom is -0.207 e. The van der Waals surface area contributed by atoms with Gasteiger partial charge in [0.2, 0.25) is 10.0 Å². The molecule has 1 atom stereocenters. The van der Waals surface area contributed by atoms with Gasteiger partial charge < -0.3 is 0 Å². The van der Waals surface area contributed by atoms with E-state index in [4.69, 9.17) is 0 Å². The first-order valence-electron chi connectivity index (χ1n) is 8.67. The van der Waals surface area contributed by atoms with Crippen LogP contribution in [0.3, 0.4) is 0 Å². The van der Waals surface area contributed by atoms with Crippen LogP contribution in [0.2, 0.25) is 25.7 Å². The lowest BCUT2D eigenvalue weighted by atomic mass is 10.1. The molecule has 0 saturated carbocycles. The molecule has 0 spiro atoms. The van der Waals surface area contributed by atoms with Crippen LogP contribution < -0.4 is 0 Å². The van der Waals surface area contributed by atoms with Crippen molar-refractivity contribution in [3.63, 3.8) is 0 Å². The van der Waals surface area contributed by atoms with Gasteiger partial charge in [-0.3, -0.25) is 0 Å². The highest BCUT2D eigenvalue weighted by molar-refractivity contribution is 7.89. The molecule has 1 aromatic carbocycles. The van der Waals surface area contributed by atoms with Crippen molar-refractivity contribution in [3.05, 3.63) is 65.8 Å². The molecular weight excluding hydrogens is 346 g/mol. The Balaban J connectivity index is 2.29. The molecule has 0 saturated heterocycles. The van der Waals surface area contributed by atoms with Gasteiger partial charge in [-0.25, -0.2) is 8.42 Å². The Bertz CT molecular complexity index is 799. The Morgan fingerprint density at radius 3 is 2.36 bits per heavy atom. The number of sulfonamides is 1. The standard InChI is InChI=1S/C20H29NO2SSi/c1-7-20-17(3)21(15-18(20)9-8-14-25(4,5)6)24(22,23)19-12-10-16(2)11-13-19/h7-13,17H,1,14-15H2,2-6H3/b9-8+. The smallest absolute Gasteiger partial charge is 0.207 e. The van der Waals surface area contributed by atoms with Gasteiger partial charge >= 0.3 is 0 Å². The molecule has 1 aliphatic heterocycles. The molecule has 0 aliphatic carbocycles. The van der Waals surface area contributed by atoms with Crippen molar-refractivity contribution in [2.45, 2.75) is 50.5 Å². The van der Waals surface area contributed by atoms with Crippen LogP contribution >= 0.6 is 0 Å². The maximum absolute atomic E-state index is 13.0. The maximum atomic E-state index is 13.0. The molecule has 0 fully saturated rings. The summed E-state index contributed by atoms with van der Waals surface area (Å²) < 4.78 is 27.7. The Morgan fingerprint density at radius 2 is 1.84 bits per heavy atom. The van der Waals surface area contributed by atoms with E-state index < -0.39 is 18.1 Å². The first-order chi connectivity index (χ1) is 11.6. The number of benzene rings is 1. The fourth-order valence-corrected chi connectivity index (χ4v) is 5.38. The van der Waals surface area contributed by atoms with Crippen LogP contribution in [0.15, 0.2) is 65.1 Å². The highest BCUT2D eigenvalue weighted by Crippen LogP contribution is 2.32. The lowest BCUT2D eigenvalue weighted by Crippen LogP contribution is -2.35. The number of hydrogen-bond donors (Lipinski definition) is 0. The van der Waals surface area contributed by atoms with Gasteiger partial charge in [-0.05, 0) is 43.2 Å². The molecule has 1 aliphatic rings. The lowest BCUT2D eigenvalue weighted by molar-refractivity contribution is 0.421. The third kappa shape index (κ3) is 4.60. The molecule has 2 rings (SSSR count). The van der Waals surface area contributed by atoms with E-state index in [0.29, 0.717) is 11.4 Å². The summed E-state index contributed by atoms with van der Waals surface area (Å²) >= 11 is 0. The van der Waals surface area contributed by atoms with Crippen molar-refractivity contribution in [3.8, 4) is 0 Å². The predicted molar refractivity (Wildman–Crippen MR) is 109 cm³/mol. The summed E-state index contributed by atoms with van der Waals surface area (Å²) in [6, 6.07) is 7.93. The van der Waals surface area contributed by atoms with Gasteiger partial charge in [-0.15, -0.1) is 0 Å². The molecule has 0 N–H and O–H groups in total. The van der Waals surface area contributed by atoms with Gasteiger partial charge in [0.1, 0.15) is 0 Å². The molecule has 3 nitrogen and oxygen atoms in total. The predicted octanol–water partition coefficient (Wildman–Crippen LogP) is 4.76. The topological polar surface area (TPSA) is 37.4 Å². The van der Waals surface area contributed by atoms with Crippen molar-refractivity contribution in [2.24, 2.45) is 0 Å². The summed E-state index contributed by atoms with van der Waals surface area (Å²) in [6.07, 6.45) is 6.08. The average Bonchev–Trinajstić information content (AvgIpc) is 2.83. The van der Waals surface area contributed by atoms with Gasteiger partial charge in [-0.2, -0.15) is 4.31 Å². The van der Waals surface area contributed by atoms with Crippen molar-refractivity contribution in [1.29, 1.82) is 0 Å². The van der Waals surface area contributed by atoms with Crippen molar-refractivity contribution >= 4 is 18.1 Å². The highest BCUT2D eigenvalue weighted by atomic mass is 32.2. The van der Waals surface area contributed by atoms with E-state index in [9.17, 15) is 8.42 Å². The van der Waals surface area contributed by atoms with Gasteiger partial charge in [0, 0.05) is 20.7 Å². The van der Waals surface area contributed by atoms with E-state index in [0.717, 1.165) is 22.8 Å². The molecule has 1 unspecified atom stereocenters. The van der Waals surface area contributed by atoms with E-state index in [1.165, 1.54) is 0 Å². The molecule has 25 heavy (non-hydrogen) atoms. The number of aryl methyl sites for hydroxylation is 1. The van der Waals surface area contributed by atoms with Gasteiger partial charge in [0.25, 0.3) is 0 Å². The number of hydrogen-bond acceptors (Lipinski definition) is 2. The van der Waals surface area contributed by atoms with Crippen LogP contribution in [0.5, 0.6) is 0 Å². The highest BCUT2D eigenvalue weighted by Gasteiger charge is 2.36. The molecule has 5 heteroatoms. The summed E-state index contributed by atoms with van der Waals surface area (Å²) in [5, 5.41) is 0. The van der Waals surface area contributed by atoms with E-state index in [-0.39, 0.29) is 6.04 Å². The Kier molecular flexibility index (Phi) is 5.92.